The molecule has 0 saturated carbocycles. The van der Waals surface area contributed by atoms with Gasteiger partial charge in [-0.05, 0) is 37.1 Å². The minimum atomic E-state index is -0.0298. The summed E-state index contributed by atoms with van der Waals surface area (Å²) in [5.74, 6) is -0.0298. The number of amides is 1. The molecule has 1 amide bonds. The fraction of sp³-hybridized carbons (Fsp3) is 0.227. The van der Waals surface area contributed by atoms with Gasteiger partial charge >= 0.3 is 0 Å². The number of rotatable bonds is 4. The lowest BCUT2D eigenvalue weighted by Gasteiger charge is -2.27. The number of anilines is 1. The average molecular weight is 356 g/mol. The summed E-state index contributed by atoms with van der Waals surface area (Å²) in [6.07, 6.45) is 9.60. The molecule has 134 valence electrons. The van der Waals surface area contributed by atoms with Gasteiger partial charge in [0.25, 0.3) is 5.91 Å². The number of aryl methyl sites for hydroxylation is 2. The van der Waals surface area contributed by atoms with Crippen molar-refractivity contribution in [3.63, 3.8) is 0 Å². The molecule has 0 spiro atoms. The van der Waals surface area contributed by atoms with Crippen LogP contribution in [0.5, 0.6) is 0 Å². The first kappa shape index (κ1) is 17.0. The van der Waals surface area contributed by atoms with Crippen molar-refractivity contribution < 1.29 is 4.79 Å². The van der Waals surface area contributed by atoms with Gasteiger partial charge in [-0.15, -0.1) is 0 Å². The fourth-order valence-electron chi connectivity index (χ4n) is 3.64. The van der Waals surface area contributed by atoms with Gasteiger partial charge in [-0.25, -0.2) is 0 Å². The van der Waals surface area contributed by atoms with E-state index in [0.717, 1.165) is 40.7 Å². The highest BCUT2D eigenvalue weighted by molar-refractivity contribution is 6.05. The molecule has 3 heterocycles. The molecule has 3 aromatic rings. The lowest BCUT2D eigenvalue weighted by Crippen LogP contribution is -2.34. The van der Waals surface area contributed by atoms with Crippen molar-refractivity contribution >= 4 is 28.6 Å². The van der Waals surface area contributed by atoms with Gasteiger partial charge in [0.15, 0.2) is 0 Å². The summed E-state index contributed by atoms with van der Waals surface area (Å²) in [7, 11) is 0. The number of carbonyl (C=O) groups excluding carboxylic acids is 1. The van der Waals surface area contributed by atoms with Crippen LogP contribution in [0.3, 0.4) is 0 Å². The summed E-state index contributed by atoms with van der Waals surface area (Å²) in [6, 6.07) is 14.1. The third kappa shape index (κ3) is 3.34. The second-order valence-corrected chi connectivity index (χ2v) is 6.60. The molecule has 5 heteroatoms. The van der Waals surface area contributed by atoms with Crippen LogP contribution in [0.25, 0.3) is 17.0 Å². The maximum Gasteiger partial charge on any atom is 0.251 e. The van der Waals surface area contributed by atoms with Crippen LogP contribution in [-0.2, 0) is 17.8 Å². The van der Waals surface area contributed by atoms with Gasteiger partial charge in [0, 0.05) is 48.0 Å². The van der Waals surface area contributed by atoms with Crippen molar-refractivity contribution in [2.45, 2.75) is 25.8 Å². The van der Waals surface area contributed by atoms with Crippen LogP contribution in [0.2, 0.25) is 0 Å². The van der Waals surface area contributed by atoms with Crippen LogP contribution in [0, 0.1) is 11.3 Å². The van der Waals surface area contributed by atoms with E-state index in [4.69, 9.17) is 5.26 Å². The Labute approximate surface area is 158 Å². The fourth-order valence-corrected chi connectivity index (χ4v) is 3.64. The zero-order valence-corrected chi connectivity index (χ0v) is 15.0. The molecule has 1 aliphatic heterocycles. The van der Waals surface area contributed by atoms with Crippen LogP contribution in [-0.4, -0.2) is 22.0 Å². The number of aromatic nitrogens is 2. The lowest BCUT2D eigenvalue weighted by molar-refractivity contribution is -0.114. The van der Waals surface area contributed by atoms with E-state index in [-0.39, 0.29) is 5.91 Å². The van der Waals surface area contributed by atoms with Crippen molar-refractivity contribution in [3.8, 4) is 6.07 Å². The number of nitriles is 1. The van der Waals surface area contributed by atoms with E-state index in [1.165, 1.54) is 0 Å². The van der Waals surface area contributed by atoms with Crippen LogP contribution in [0.15, 0.2) is 54.9 Å². The number of fused-ring (bicyclic) bond motifs is 2. The van der Waals surface area contributed by atoms with E-state index in [0.29, 0.717) is 19.5 Å². The molecular weight excluding hydrogens is 336 g/mol. The number of para-hydroxylation sites is 1. The normalized spacial score (nSPS) is 13.7. The number of carbonyl (C=O) groups is 1. The highest BCUT2D eigenvalue weighted by Gasteiger charge is 2.21. The predicted octanol–water partition coefficient (Wildman–Crippen LogP) is 3.94. The van der Waals surface area contributed by atoms with Gasteiger partial charge in [0.1, 0.15) is 0 Å². The maximum absolute atomic E-state index is 12.8. The summed E-state index contributed by atoms with van der Waals surface area (Å²) >= 11 is 0. The Balaban J connectivity index is 1.62. The number of pyridine rings is 1. The minimum Gasteiger partial charge on any atom is -0.346 e. The van der Waals surface area contributed by atoms with Gasteiger partial charge in [0.2, 0.25) is 0 Å². The SMILES string of the molecule is N#CCCn1cc(/C=C/C(=O)N2CCCc3ncccc32)c2ccccc21. The molecule has 0 bridgehead atoms. The van der Waals surface area contributed by atoms with Gasteiger partial charge in [-0.3, -0.25) is 9.78 Å². The molecule has 0 atom stereocenters. The van der Waals surface area contributed by atoms with E-state index in [2.05, 4.69) is 15.6 Å². The maximum atomic E-state index is 12.8. The van der Waals surface area contributed by atoms with Crippen molar-refractivity contribution in [2.75, 3.05) is 11.4 Å². The van der Waals surface area contributed by atoms with Gasteiger partial charge < -0.3 is 9.47 Å². The summed E-state index contributed by atoms with van der Waals surface area (Å²) in [5, 5.41) is 9.96. The number of benzene rings is 1. The predicted molar refractivity (Wildman–Crippen MR) is 106 cm³/mol. The van der Waals surface area contributed by atoms with Crippen LogP contribution in [0.1, 0.15) is 24.1 Å². The van der Waals surface area contributed by atoms with Crippen molar-refractivity contribution in [1.29, 1.82) is 5.26 Å². The van der Waals surface area contributed by atoms with Crippen molar-refractivity contribution in [1.82, 2.24) is 9.55 Å². The molecule has 0 fully saturated rings. The quantitative estimate of drug-likeness (QED) is 0.665. The largest absolute Gasteiger partial charge is 0.346 e. The van der Waals surface area contributed by atoms with E-state index in [1.54, 1.807) is 17.2 Å². The Morgan fingerprint density at radius 2 is 2.15 bits per heavy atom. The highest BCUT2D eigenvalue weighted by Crippen LogP contribution is 2.26. The Hall–Kier alpha value is -3.39. The first-order chi connectivity index (χ1) is 13.3. The molecule has 0 N–H and O–H groups in total. The Morgan fingerprint density at radius 1 is 1.26 bits per heavy atom. The van der Waals surface area contributed by atoms with E-state index < -0.39 is 0 Å². The third-order valence-corrected chi connectivity index (χ3v) is 4.91. The van der Waals surface area contributed by atoms with E-state index >= 15 is 0 Å². The first-order valence-electron chi connectivity index (χ1n) is 9.16. The summed E-state index contributed by atoms with van der Waals surface area (Å²) in [6.45, 7) is 1.36. The highest BCUT2D eigenvalue weighted by atomic mass is 16.2. The second kappa shape index (κ2) is 7.46. The molecule has 0 unspecified atom stereocenters. The van der Waals surface area contributed by atoms with Gasteiger partial charge in [-0.2, -0.15) is 5.26 Å². The second-order valence-electron chi connectivity index (χ2n) is 6.60. The smallest absolute Gasteiger partial charge is 0.251 e. The van der Waals surface area contributed by atoms with Crippen molar-refractivity contribution in [2.24, 2.45) is 0 Å². The molecule has 0 aliphatic carbocycles. The Kier molecular flexibility index (Phi) is 4.71. The van der Waals surface area contributed by atoms with E-state index in [1.807, 2.05) is 48.7 Å². The molecule has 2 aromatic heterocycles. The molecule has 0 radical (unpaired) electrons. The Morgan fingerprint density at radius 3 is 3.04 bits per heavy atom. The van der Waals surface area contributed by atoms with Crippen molar-refractivity contribution in [3.05, 3.63) is 66.1 Å². The third-order valence-electron chi connectivity index (χ3n) is 4.91. The van der Waals surface area contributed by atoms with Gasteiger partial charge in [0.05, 0.1) is 23.9 Å². The average Bonchev–Trinajstić information content (AvgIpc) is 3.08. The molecule has 5 nitrogen and oxygen atoms in total. The standard InChI is InChI=1S/C22H20N4O/c23-12-5-14-25-16-17(18-6-1-2-8-20(18)25)10-11-22(27)26-15-4-7-19-21(26)9-3-13-24-19/h1-3,6,8-11,13,16H,4-5,7,14-15H2/b11-10+. The molecule has 0 saturated heterocycles. The lowest BCUT2D eigenvalue weighted by atomic mass is 10.1. The molecule has 27 heavy (non-hydrogen) atoms. The zero-order chi connectivity index (χ0) is 18.6. The number of nitrogens with zero attached hydrogens (tertiary/aromatic N) is 4. The molecule has 1 aromatic carbocycles. The number of hydrogen-bond acceptors (Lipinski definition) is 3. The van der Waals surface area contributed by atoms with E-state index in [9.17, 15) is 4.79 Å². The minimum absolute atomic E-state index is 0.0298. The molecule has 1 aliphatic rings. The first-order valence-corrected chi connectivity index (χ1v) is 9.16. The topological polar surface area (TPSA) is 61.9 Å². The summed E-state index contributed by atoms with van der Waals surface area (Å²) < 4.78 is 2.07. The summed E-state index contributed by atoms with van der Waals surface area (Å²) in [4.78, 5) is 19.0. The van der Waals surface area contributed by atoms with Crippen LogP contribution < -0.4 is 4.90 Å². The van der Waals surface area contributed by atoms with Gasteiger partial charge in [-0.1, -0.05) is 18.2 Å². The zero-order valence-electron chi connectivity index (χ0n) is 15.0. The van der Waals surface area contributed by atoms with Crippen LogP contribution in [0.4, 0.5) is 5.69 Å². The summed E-state index contributed by atoms with van der Waals surface area (Å²) in [5.41, 5.74) is 3.96. The molecule has 4 rings (SSSR count). The Bertz CT molecular complexity index is 1060. The number of hydrogen-bond donors (Lipinski definition) is 0. The molecular formula is C22H20N4O. The monoisotopic (exact) mass is 356 g/mol. The van der Waals surface area contributed by atoms with Crippen LogP contribution >= 0.6 is 0 Å².